The number of pyridine rings is 1. The van der Waals surface area contributed by atoms with Crippen LogP contribution in [-0.4, -0.2) is 58.4 Å². The minimum absolute atomic E-state index is 0.0306. The summed E-state index contributed by atoms with van der Waals surface area (Å²) in [5.41, 5.74) is 1.31. The molecule has 1 atom stereocenters. The fraction of sp³-hybridized carbons (Fsp3) is 0.476. The first-order valence-electron chi connectivity index (χ1n) is 10.0. The van der Waals surface area contributed by atoms with Gasteiger partial charge >= 0.3 is 0 Å². The van der Waals surface area contributed by atoms with Crippen molar-refractivity contribution in [2.24, 2.45) is 0 Å². The summed E-state index contributed by atoms with van der Waals surface area (Å²) in [7, 11) is 0. The molecule has 4 rings (SSSR count). The number of carbonyl (C=O) groups excluding carboxylic acids is 1. The van der Waals surface area contributed by atoms with Crippen LogP contribution in [0, 0.1) is 6.92 Å². The Morgan fingerprint density at radius 2 is 2.03 bits per heavy atom. The molecule has 1 fully saturated rings. The average molecular weight is 397 g/mol. The van der Waals surface area contributed by atoms with E-state index in [1.54, 1.807) is 12.4 Å². The Bertz CT molecular complexity index is 987. The Hall–Kier alpha value is -2.71. The number of nitrogens with zero attached hydrogens (tertiary/aromatic N) is 4. The molecule has 1 N–H and O–H groups in total. The van der Waals surface area contributed by atoms with Gasteiger partial charge in [-0.25, -0.2) is 9.67 Å². The van der Waals surface area contributed by atoms with Crippen LogP contribution in [0.5, 0.6) is 0 Å². The average Bonchev–Trinajstić information content (AvgIpc) is 3.34. The SMILES string of the molecule is Cc1ccc(C(CNC(=O)c2cnc3c(cnn3C(C)C)c2)N2CCOCC2)o1. The van der Waals surface area contributed by atoms with E-state index in [-0.39, 0.29) is 18.0 Å². The maximum absolute atomic E-state index is 12.8. The van der Waals surface area contributed by atoms with Crippen molar-refractivity contribution in [1.82, 2.24) is 25.0 Å². The molecule has 0 radical (unpaired) electrons. The summed E-state index contributed by atoms with van der Waals surface area (Å²) >= 11 is 0. The van der Waals surface area contributed by atoms with Crippen molar-refractivity contribution >= 4 is 16.9 Å². The molecule has 0 spiro atoms. The van der Waals surface area contributed by atoms with Gasteiger partial charge in [-0.15, -0.1) is 0 Å². The molecule has 0 saturated carbocycles. The predicted octanol–water partition coefficient (Wildman–Crippen LogP) is 2.72. The van der Waals surface area contributed by atoms with Gasteiger partial charge in [0.2, 0.25) is 0 Å². The van der Waals surface area contributed by atoms with Crippen LogP contribution in [-0.2, 0) is 4.74 Å². The molecule has 1 saturated heterocycles. The van der Waals surface area contributed by atoms with Crippen molar-refractivity contribution in [3.05, 3.63) is 47.7 Å². The number of hydrogen-bond acceptors (Lipinski definition) is 6. The van der Waals surface area contributed by atoms with Gasteiger partial charge in [0.1, 0.15) is 11.5 Å². The number of fused-ring (bicyclic) bond motifs is 1. The molecule has 29 heavy (non-hydrogen) atoms. The third kappa shape index (κ3) is 4.18. The highest BCUT2D eigenvalue weighted by Gasteiger charge is 2.26. The largest absolute Gasteiger partial charge is 0.465 e. The molecule has 1 aliphatic heterocycles. The number of rotatable bonds is 6. The van der Waals surface area contributed by atoms with Crippen molar-refractivity contribution < 1.29 is 13.9 Å². The summed E-state index contributed by atoms with van der Waals surface area (Å²) < 4.78 is 13.2. The fourth-order valence-corrected chi connectivity index (χ4v) is 3.66. The Balaban J connectivity index is 1.49. The summed E-state index contributed by atoms with van der Waals surface area (Å²) in [5, 5.41) is 8.27. The summed E-state index contributed by atoms with van der Waals surface area (Å²) in [6.45, 7) is 9.47. The smallest absolute Gasteiger partial charge is 0.252 e. The lowest BCUT2D eigenvalue weighted by atomic mass is 10.1. The van der Waals surface area contributed by atoms with E-state index in [0.717, 1.165) is 35.6 Å². The van der Waals surface area contributed by atoms with E-state index < -0.39 is 0 Å². The number of nitrogens with one attached hydrogen (secondary N) is 1. The third-order valence-electron chi connectivity index (χ3n) is 5.22. The van der Waals surface area contributed by atoms with Crippen molar-refractivity contribution in [1.29, 1.82) is 0 Å². The van der Waals surface area contributed by atoms with Crippen LogP contribution in [0.25, 0.3) is 11.0 Å². The minimum Gasteiger partial charge on any atom is -0.465 e. The van der Waals surface area contributed by atoms with Crippen LogP contribution >= 0.6 is 0 Å². The Morgan fingerprint density at radius 3 is 2.72 bits per heavy atom. The minimum atomic E-state index is -0.154. The lowest BCUT2D eigenvalue weighted by Crippen LogP contribution is -2.43. The quantitative estimate of drug-likeness (QED) is 0.688. The lowest BCUT2D eigenvalue weighted by Gasteiger charge is -2.33. The van der Waals surface area contributed by atoms with Crippen molar-refractivity contribution in [3.63, 3.8) is 0 Å². The normalized spacial score (nSPS) is 16.4. The van der Waals surface area contributed by atoms with Crippen LogP contribution in [0.3, 0.4) is 0 Å². The fourth-order valence-electron chi connectivity index (χ4n) is 3.66. The molecule has 0 aliphatic carbocycles. The van der Waals surface area contributed by atoms with Gasteiger partial charge in [-0.1, -0.05) is 0 Å². The summed E-state index contributed by atoms with van der Waals surface area (Å²) in [5.74, 6) is 1.57. The van der Waals surface area contributed by atoms with Crippen LogP contribution in [0.4, 0.5) is 0 Å². The van der Waals surface area contributed by atoms with E-state index in [9.17, 15) is 4.79 Å². The van der Waals surface area contributed by atoms with Gasteiger partial charge in [0.05, 0.1) is 31.0 Å². The lowest BCUT2D eigenvalue weighted by molar-refractivity contribution is 0.0117. The Morgan fingerprint density at radius 1 is 1.24 bits per heavy atom. The third-order valence-corrected chi connectivity index (χ3v) is 5.22. The van der Waals surface area contributed by atoms with E-state index in [1.165, 1.54) is 0 Å². The first-order chi connectivity index (χ1) is 14.0. The predicted molar refractivity (Wildman–Crippen MR) is 109 cm³/mol. The van der Waals surface area contributed by atoms with Gasteiger partial charge in [-0.3, -0.25) is 9.69 Å². The van der Waals surface area contributed by atoms with E-state index in [1.807, 2.05) is 29.8 Å². The second kappa shape index (κ2) is 8.34. The summed E-state index contributed by atoms with van der Waals surface area (Å²) in [6.07, 6.45) is 3.36. The number of amides is 1. The molecule has 154 valence electrons. The van der Waals surface area contributed by atoms with E-state index >= 15 is 0 Å². The highest BCUT2D eigenvalue weighted by Crippen LogP contribution is 2.23. The standard InChI is InChI=1S/C21H27N5O3/c1-14(2)26-20-16(12-24-26)10-17(11-22-20)21(27)23-13-18(19-5-4-15(3)29-19)25-6-8-28-9-7-25/h4-5,10-12,14,18H,6-9,13H2,1-3H3,(H,23,27). The maximum Gasteiger partial charge on any atom is 0.252 e. The molecule has 4 heterocycles. The molecular formula is C21H27N5O3. The van der Waals surface area contributed by atoms with Crippen molar-refractivity contribution in [2.45, 2.75) is 32.9 Å². The maximum atomic E-state index is 12.8. The highest BCUT2D eigenvalue weighted by molar-refractivity contribution is 5.96. The first-order valence-corrected chi connectivity index (χ1v) is 10.0. The van der Waals surface area contributed by atoms with Crippen LogP contribution in [0.1, 0.15) is 47.8 Å². The molecule has 3 aromatic heterocycles. The molecular weight excluding hydrogens is 370 g/mol. The second-order valence-electron chi connectivity index (χ2n) is 7.64. The van der Waals surface area contributed by atoms with Gasteiger partial charge < -0.3 is 14.5 Å². The zero-order valence-electron chi connectivity index (χ0n) is 17.1. The molecule has 3 aromatic rings. The van der Waals surface area contributed by atoms with E-state index in [2.05, 4.69) is 34.1 Å². The van der Waals surface area contributed by atoms with Crippen LogP contribution < -0.4 is 5.32 Å². The summed E-state index contributed by atoms with van der Waals surface area (Å²) in [4.78, 5) is 19.5. The Labute approximate surface area is 169 Å². The van der Waals surface area contributed by atoms with Gasteiger partial charge in [0.25, 0.3) is 5.91 Å². The van der Waals surface area contributed by atoms with E-state index in [4.69, 9.17) is 9.15 Å². The number of ether oxygens (including phenoxy) is 1. The molecule has 8 nitrogen and oxygen atoms in total. The molecule has 1 unspecified atom stereocenters. The van der Waals surface area contributed by atoms with Crippen molar-refractivity contribution in [2.75, 3.05) is 32.8 Å². The first kappa shape index (κ1) is 19.6. The highest BCUT2D eigenvalue weighted by atomic mass is 16.5. The molecule has 1 amide bonds. The number of aryl methyl sites for hydroxylation is 1. The Kier molecular flexibility index (Phi) is 5.64. The number of aromatic nitrogens is 3. The van der Waals surface area contributed by atoms with Gasteiger partial charge in [0, 0.05) is 37.3 Å². The molecule has 0 bridgehead atoms. The van der Waals surface area contributed by atoms with Gasteiger partial charge in [-0.05, 0) is 39.0 Å². The number of morpholine rings is 1. The zero-order valence-corrected chi connectivity index (χ0v) is 17.1. The monoisotopic (exact) mass is 397 g/mol. The second-order valence-corrected chi connectivity index (χ2v) is 7.64. The topological polar surface area (TPSA) is 85.4 Å². The van der Waals surface area contributed by atoms with Crippen molar-refractivity contribution in [3.8, 4) is 0 Å². The van der Waals surface area contributed by atoms with Gasteiger partial charge in [-0.2, -0.15) is 5.10 Å². The number of furan rings is 1. The van der Waals surface area contributed by atoms with E-state index in [0.29, 0.717) is 25.3 Å². The summed E-state index contributed by atoms with van der Waals surface area (Å²) in [6, 6.07) is 5.96. The molecule has 0 aromatic carbocycles. The van der Waals surface area contributed by atoms with Crippen LogP contribution in [0.15, 0.2) is 35.0 Å². The number of carbonyl (C=O) groups is 1. The molecule has 8 heteroatoms. The zero-order chi connectivity index (χ0) is 20.4. The van der Waals surface area contributed by atoms with Crippen LogP contribution in [0.2, 0.25) is 0 Å². The van der Waals surface area contributed by atoms with Gasteiger partial charge in [0.15, 0.2) is 5.65 Å². The number of hydrogen-bond donors (Lipinski definition) is 1. The molecule has 1 aliphatic rings.